The lowest BCUT2D eigenvalue weighted by atomic mass is 9.67. The molecule has 1 spiro atoms. The molecule has 86 valence electrons. The summed E-state index contributed by atoms with van der Waals surface area (Å²) in [6.07, 6.45) is 5.36. The van der Waals surface area contributed by atoms with Crippen molar-refractivity contribution in [3.8, 4) is 0 Å². The van der Waals surface area contributed by atoms with Crippen molar-refractivity contribution < 1.29 is 10.2 Å². The second-order valence-electron chi connectivity index (χ2n) is 5.66. The molecule has 0 heterocycles. The van der Waals surface area contributed by atoms with Gasteiger partial charge in [0.25, 0.3) is 0 Å². The molecular weight excluding hydrogens is 200 g/mol. The first-order chi connectivity index (χ1) is 7.40. The van der Waals surface area contributed by atoms with Gasteiger partial charge < -0.3 is 10.2 Å². The number of fused-ring (bicyclic) bond motifs is 1. The largest absolute Gasteiger partial charge is 0.386 e. The maximum absolute atomic E-state index is 10.6. The summed E-state index contributed by atoms with van der Waals surface area (Å²) in [5, 5.41) is 20.9. The first-order valence-corrected chi connectivity index (χ1v) is 5.92. The van der Waals surface area contributed by atoms with Crippen LogP contribution >= 0.6 is 0 Å². The third-order valence-electron chi connectivity index (χ3n) is 4.73. The lowest BCUT2D eigenvalue weighted by Crippen LogP contribution is -2.52. The van der Waals surface area contributed by atoms with Crippen LogP contribution < -0.4 is 0 Å². The number of rotatable bonds is 0. The van der Waals surface area contributed by atoms with Crippen molar-refractivity contribution in [2.24, 2.45) is 5.41 Å². The fourth-order valence-electron chi connectivity index (χ4n) is 3.43. The van der Waals surface area contributed by atoms with Gasteiger partial charge in [-0.3, -0.25) is 0 Å². The van der Waals surface area contributed by atoms with E-state index in [-0.39, 0.29) is 5.41 Å². The molecule has 16 heavy (non-hydrogen) atoms. The number of aliphatic hydroxyl groups is 2. The van der Waals surface area contributed by atoms with E-state index in [4.69, 9.17) is 0 Å². The number of hydrogen-bond donors (Lipinski definition) is 2. The van der Waals surface area contributed by atoms with E-state index in [9.17, 15) is 10.2 Å². The minimum absolute atomic E-state index is 0.166. The first kappa shape index (κ1) is 10.3. The molecule has 0 aromatic carbocycles. The zero-order chi connectivity index (χ0) is 11.7. The van der Waals surface area contributed by atoms with Gasteiger partial charge in [-0.1, -0.05) is 23.3 Å². The second kappa shape index (κ2) is 2.69. The van der Waals surface area contributed by atoms with Gasteiger partial charge in [0.1, 0.15) is 11.7 Å². The average Bonchev–Trinajstić information content (AvgIpc) is 2.94. The highest BCUT2D eigenvalue weighted by Crippen LogP contribution is 2.65. The average molecular weight is 218 g/mol. The molecule has 0 radical (unpaired) electrons. The van der Waals surface area contributed by atoms with Crippen LogP contribution in [0.5, 0.6) is 0 Å². The van der Waals surface area contributed by atoms with Crippen molar-refractivity contribution in [3.05, 3.63) is 34.4 Å². The minimum Gasteiger partial charge on any atom is -0.386 e. The highest BCUT2D eigenvalue weighted by Gasteiger charge is 2.64. The Kier molecular flexibility index (Phi) is 1.73. The van der Waals surface area contributed by atoms with Crippen molar-refractivity contribution in [3.63, 3.8) is 0 Å². The van der Waals surface area contributed by atoms with E-state index in [1.807, 2.05) is 13.0 Å². The third-order valence-corrected chi connectivity index (χ3v) is 4.73. The lowest BCUT2D eigenvalue weighted by molar-refractivity contribution is -0.0886. The Labute approximate surface area is 96.0 Å². The summed E-state index contributed by atoms with van der Waals surface area (Å²) in [6.45, 7) is 5.91. The number of aliphatic hydroxyl groups excluding tert-OH is 1. The van der Waals surface area contributed by atoms with Crippen LogP contribution in [0.3, 0.4) is 0 Å². The zero-order valence-electron chi connectivity index (χ0n) is 10.0. The van der Waals surface area contributed by atoms with Crippen LogP contribution in [-0.4, -0.2) is 21.9 Å². The van der Waals surface area contributed by atoms with Gasteiger partial charge in [-0.05, 0) is 44.8 Å². The van der Waals surface area contributed by atoms with E-state index in [1.165, 1.54) is 5.57 Å². The molecule has 3 rings (SSSR count). The van der Waals surface area contributed by atoms with Crippen molar-refractivity contribution in [2.75, 3.05) is 0 Å². The summed E-state index contributed by atoms with van der Waals surface area (Å²) >= 11 is 0. The quantitative estimate of drug-likeness (QED) is 0.653. The van der Waals surface area contributed by atoms with Crippen molar-refractivity contribution >= 4 is 0 Å². The van der Waals surface area contributed by atoms with E-state index in [0.29, 0.717) is 0 Å². The van der Waals surface area contributed by atoms with Gasteiger partial charge in [0.2, 0.25) is 0 Å². The van der Waals surface area contributed by atoms with Crippen molar-refractivity contribution in [1.82, 2.24) is 0 Å². The van der Waals surface area contributed by atoms with Gasteiger partial charge in [0.05, 0.1) is 0 Å². The van der Waals surface area contributed by atoms with Crippen LogP contribution in [0.2, 0.25) is 0 Å². The molecule has 2 nitrogen and oxygen atoms in total. The van der Waals surface area contributed by atoms with E-state index in [2.05, 4.69) is 13.0 Å². The van der Waals surface area contributed by atoms with Crippen molar-refractivity contribution in [1.29, 1.82) is 0 Å². The summed E-state index contributed by atoms with van der Waals surface area (Å²) in [5.41, 5.74) is 3.31. The summed E-state index contributed by atoms with van der Waals surface area (Å²) in [4.78, 5) is 0. The Morgan fingerprint density at radius 2 is 1.88 bits per heavy atom. The molecule has 1 fully saturated rings. The van der Waals surface area contributed by atoms with Gasteiger partial charge >= 0.3 is 0 Å². The highest BCUT2D eigenvalue weighted by molar-refractivity contribution is 5.61. The van der Waals surface area contributed by atoms with E-state index >= 15 is 0 Å². The molecule has 0 unspecified atom stereocenters. The Morgan fingerprint density at radius 1 is 1.25 bits per heavy atom. The smallest absolute Gasteiger partial charge is 0.109 e. The molecule has 2 heteroatoms. The summed E-state index contributed by atoms with van der Waals surface area (Å²) in [7, 11) is 0. The van der Waals surface area contributed by atoms with Gasteiger partial charge in [-0.25, -0.2) is 0 Å². The molecule has 0 amide bonds. The molecule has 3 aliphatic carbocycles. The molecule has 3 aliphatic rings. The molecule has 0 aliphatic heterocycles. The molecule has 0 bridgehead atoms. The van der Waals surface area contributed by atoms with Crippen LogP contribution in [0.15, 0.2) is 34.4 Å². The third kappa shape index (κ3) is 0.950. The highest BCUT2D eigenvalue weighted by atomic mass is 16.3. The Hall–Kier alpha value is -0.860. The maximum Gasteiger partial charge on any atom is 0.109 e. The van der Waals surface area contributed by atoms with Crippen LogP contribution in [0.25, 0.3) is 0 Å². The topological polar surface area (TPSA) is 40.5 Å². The fraction of sp³-hybridized carbons (Fsp3) is 0.571. The molecular formula is C14H18O2. The number of allylic oxidation sites excluding steroid dienone is 3. The summed E-state index contributed by atoms with van der Waals surface area (Å²) in [6, 6.07) is 0. The van der Waals surface area contributed by atoms with Gasteiger partial charge in [0, 0.05) is 5.41 Å². The van der Waals surface area contributed by atoms with E-state index < -0.39 is 11.7 Å². The Balaban J connectivity index is 2.24. The van der Waals surface area contributed by atoms with Gasteiger partial charge in [-0.2, -0.15) is 0 Å². The monoisotopic (exact) mass is 218 g/mol. The zero-order valence-corrected chi connectivity index (χ0v) is 10.0. The fourth-order valence-corrected chi connectivity index (χ4v) is 3.43. The first-order valence-electron chi connectivity index (χ1n) is 5.92. The Morgan fingerprint density at radius 3 is 2.44 bits per heavy atom. The second-order valence-corrected chi connectivity index (χ2v) is 5.66. The van der Waals surface area contributed by atoms with Crippen LogP contribution in [0.4, 0.5) is 0 Å². The lowest BCUT2D eigenvalue weighted by Gasteiger charge is -2.44. The van der Waals surface area contributed by atoms with Crippen LogP contribution in [-0.2, 0) is 0 Å². The molecule has 2 N–H and O–H groups in total. The maximum atomic E-state index is 10.6. The normalized spacial score (nSPS) is 39.7. The summed E-state index contributed by atoms with van der Waals surface area (Å²) < 4.78 is 0. The van der Waals surface area contributed by atoms with Crippen LogP contribution in [0, 0.1) is 5.41 Å². The summed E-state index contributed by atoms with van der Waals surface area (Å²) in [5.74, 6) is 0. The standard InChI is InChI=1S/C14H18O2/c1-8-6-10-9(2)14(4-5-14)13(3,16)12(15)11(10)7-8/h6-7,12,15-16H,4-5H2,1-3H3/t12-,13+/m1/s1. The Bertz CT molecular complexity index is 459. The predicted octanol–water partition coefficient (Wildman–Crippen LogP) is 2.09. The SMILES string of the molecule is CC1=CC2=C(C)C3(CC3)[C@@](C)(O)[C@H](O)C2=C1. The van der Waals surface area contributed by atoms with E-state index in [0.717, 1.165) is 29.6 Å². The molecule has 0 aromatic heterocycles. The molecule has 0 saturated heterocycles. The van der Waals surface area contributed by atoms with Gasteiger partial charge in [-0.15, -0.1) is 0 Å². The number of hydrogen-bond acceptors (Lipinski definition) is 2. The van der Waals surface area contributed by atoms with Crippen molar-refractivity contribution in [2.45, 2.75) is 45.3 Å². The predicted molar refractivity (Wildman–Crippen MR) is 62.8 cm³/mol. The van der Waals surface area contributed by atoms with Gasteiger partial charge in [0.15, 0.2) is 0 Å². The van der Waals surface area contributed by atoms with Crippen LogP contribution in [0.1, 0.15) is 33.6 Å². The minimum atomic E-state index is -1.01. The van der Waals surface area contributed by atoms with E-state index in [1.54, 1.807) is 6.92 Å². The molecule has 2 atom stereocenters. The molecule has 1 saturated carbocycles. The molecule has 0 aromatic rings.